The number of hydrogen-bond donors (Lipinski definition) is 2. The van der Waals surface area contributed by atoms with E-state index in [0.29, 0.717) is 17.8 Å². The molecule has 0 aliphatic heterocycles. The first kappa shape index (κ1) is 22.3. The van der Waals surface area contributed by atoms with Crippen LogP contribution in [-0.4, -0.2) is 39.7 Å². The van der Waals surface area contributed by atoms with Crippen molar-refractivity contribution in [2.24, 2.45) is 0 Å². The molecule has 0 aliphatic rings. The molecular formula is C17H19N3O7S2. The molecule has 0 aliphatic carbocycles. The van der Waals surface area contributed by atoms with Crippen LogP contribution in [0.15, 0.2) is 47.4 Å². The van der Waals surface area contributed by atoms with Crippen LogP contribution in [0, 0.1) is 10.1 Å². The summed E-state index contributed by atoms with van der Waals surface area (Å²) in [5, 5.41) is 13.5. The number of carbonyl (C=O) groups excluding carboxylic acids is 1. The van der Waals surface area contributed by atoms with E-state index in [9.17, 15) is 31.7 Å². The molecule has 0 fully saturated rings. The Morgan fingerprint density at radius 2 is 1.62 bits per heavy atom. The van der Waals surface area contributed by atoms with E-state index < -0.39 is 36.4 Å². The monoisotopic (exact) mass is 441 g/mol. The molecule has 0 saturated heterocycles. The van der Waals surface area contributed by atoms with E-state index in [-0.39, 0.29) is 16.2 Å². The highest BCUT2D eigenvalue weighted by atomic mass is 32.2. The van der Waals surface area contributed by atoms with Crippen LogP contribution in [-0.2, 0) is 19.9 Å². The van der Waals surface area contributed by atoms with Gasteiger partial charge in [0.05, 0.1) is 15.6 Å². The van der Waals surface area contributed by atoms with E-state index in [0.717, 1.165) is 24.5 Å². The van der Waals surface area contributed by atoms with Gasteiger partial charge in [-0.25, -0.2) is 16.8 Å². The molecule has 12 heteroatoms. The molecule has 2 rings (SSSR count). The Hall–Kier alpha value is -2.99. The Morgan fingerprint density at radius 1 is 1.03 bits per heavy atom. The fourth-order valence-electron chi connectivity index (χ4n) is 2.36. The maximum absolute atomic E-state index is 12.4. The quantitative estimate of drug-likeness (QED) is 0.471. The lowest BCUT2D eigenvalue weighted by Gasteiger charge is -2.09. The number of nitro groups is 1. The average Bonchev–Trinajstić information content (AvgIpc) is 2.61. The summed E-state index contributed by atoms with van der Waals surface area (Å²) in [7, 11) is -7.22. The maximum Gasteiger partial charge on any atom is 0.271 e. The Morgan fingerprint density at radius 3 is 2.14 bits per heavy atom. The predicted molar refractivity (Wildman–Crippen MR) is 108 cm³/mol. The minimum absolute atomic E-state index is 0.0268. The Kier molecular flexibility index (Phi) is 6.59. The molecule has 0 atom stereocenters. The zero-order valence-electron chi connectivity index (χ0n) is 15.6. The summed E-state index contributed by atoms with van der Waals surface area (Å²) in [6, 6.07) is 8.66. The number of nitro benzene ring substituents is 1. The van der Waals surface area contributed by atoms with Gasteiger partial charge in [-0.3, -0.25) is 19.6 Å². The Bertz CT molecular complexity index is 1140. The lowest BCUT2D eigenvalue weighted by molar-refractivity contribution is -0.385. The van der Waals surface area contributed by atoms with E-state index in [1.165, 1.54) is 24.3 Å². The van der Waals surface area contributed by atoms with Crippen molar-refractivity contribution in [3.8, 4) is 0 Å². The molecule has 0 aromatic heterocycles. The van der Waals surface area contributed by atoms with Gasteiger partial charge in [-0.15, -0.1) is 0 Å². The SMILES string of the molecule is CCCS(=O)(=O)Nc1ccc(NC(=O)c2cc([N+](=O)[O-])cc(S(C)(=O)=O)c2)cc1. The highest BCUT2D eigenvalue weighted by Gasteiger charge is 2.19. The second kappa shape index (κ2) is 8.57. The lowest BCUT2D eigenvalue weighted by atomic mass is 10.2. The van der Waals surface area contributed by atoms with Crippen LogP contribution in [0.5, 0.6) is 0 Å². The molecule has 0 bridgehead atoms. The number of sulfonamides is 1. The molecule has 1 amide bonds. The van der Waals surface area contributed by atoms with Crippen molar-refractivity contribution in [1.29, 1.82) is 0 Å². The number of rotatable bonds is 8. The number of hydrogen-bond acceptors (Lipinski definition) is 7. The third-order valence-electron chi connectivity index (χ3n) is 3.68. The van der Waals surface area contributed by atoms with Gasteiger partial charge in [-0.2, -0.15) is 0 Å². The first-order valence-electron chi connectivity index (χ1n) is 8.33. The molecule has 2 N–H and O–H groups in total. The van der Waals surface area contributed by atoms with E-state index in [2.05, 4.69) is 10.0 Å². The Balaban J connectivity index is 2.24. The van der Waals surface area contributed by atoms with Gasteiger partial charge in [0.25, 0.3) is 11.6 Å². The molecule has 0 radical (unpaired) electrons. The number of carbonyl (C=O) groups is 1. The molecule has 0 saturated carbocycles. The first-order valence-corrected chi connectivity index (χ1v) is 11.9. The van der Waals surface area contributed by atoms with Crippen LogP contribution < -0.4 is 10.0 Å². The zero-order valence-corrected chi connectivity index (χ0v) is 17.2. The lowest BCUT2D eigenvalue weighted by Crippen LogP contribution is -2.16. The highest BCUT2D eigenvalue weighted by molar-refractivity contribution is 7.92. The summed E-state index contributed by atoms with van der Waals surface area (Å²) < 4.78 is 49.4. The molecule has 2 aromatic carbocycles. The summed E-state index contributed by atoms with van der Waals surface area (Å²) in [6.45, 7) is 1.74. The second-order valence-corrected chi connectivity index (χ2v) is 10.1. The van der Waals surface area contributed by atoms with Crippen molar-refractivity contribution >= 4 is 42.8 Å². The summed E-state index contributed by atoms with van der Waals surface area (Å²) in [5.41, 5.74) is -0.127. The number of anilines is 2. The molecule has 29 heavy (non-hydrogen) atoms. The summed E-state index contributed by atoms with van der Waals surface area (Å²) in [5.74, 6) is -0.779. The smallest absolute Gasteiger partial charge is 0.271 e. The third-order valence-corrected chi connectivity index (χ3v) is 6.27. The van der Waals surface area contributed by atoms with Gasteiger partial charge in [-0.05, 0) is 36.8 Å². The first-order chi connectivity index (χ1) is 13.4. The third kappa shape index (κ3) is 6.26. The molecular weight excluding hydrogens is 422 g/mol. The topological polar surface area (TPSA) is 153 Å². The van der Waals surface area contributed by atoms with Crippen LogP contribution in [0.1, 0.15) is 23.7 Å². The second-order valence-electron chi connectivity index (χ2n) is 6.20. The molecule has 156 valence electrons. The summed E-state index contributed by atoms with van der Waals surface area (Å²) >= 11 is 0. The van der Waals surface area contributed by atoms with Gasteiger partial charge < -0.3 is 5.32 Å². The van der Waals surface area contributed by atoms with Gasteiger partial charge in [0.1, 0.15) is 0 Å². The van der Waals surface area contributed by atoms with Gasteiger partial charge in [0, 0.05) is 35.3 Å². The number of sulfone groups is 1. The molecule has 0 spiro atoms. The standard InChI is InChI=1S/C17H19N3O7S2/c1-3-8-29(26,27)19-14-6-4-13(5-7-14)18-17(21)12-9-15(20(22)23)11-16(10-12)28(2,24)25/h4-7,9-11,19H,3,8H2,1-2H3,(H,18,21). The largest absolute Gasteiger partial charge is 0.322 e. The summed E-state index contributed by atoms with van der Waals surface area (Å²) in [6.07, 6.45) is 1.34. The highest BCUT2D eigenvalue weighted by Crippen LogP contribution is 2.22. The minimum atomic E-state index is -3.77. The van der Waals surface area contributed by atoms with Crippen molar-refractivity contribution < 1.29 is 26.6 Å². The number of non-ortho nitro benzene ring substituents is 1. The maximum atomic E-state index is 12.4. The van der Waals surface area contributed by atoms with Crippen molar-refractivity contribution in [2.75, 3.05) is 22.0 Å². The number of nitrogens with one attached hydrogen (secondary N) is 2. The Labute approximate surface area is 168 Å². The molecule has 0 unspecified atom stereocenters. The fourth-order valence-corrected chi connectivity index (χ4v) is 4.17. The number of nitrogens with zero attached hydrogens (tertiary/aromatic N) is 1. The van der Waals surface area contributed by atoms with Crippen LogP contribution >= 0.6 is 0 Å². The molecule has 0 heterocycles. The summed E-state index contributed by atoms with van der Waals surface area (Å²) in [4.78, 5) is 22.3. The van der Waals surface area contributed by atoms with Crippen LogP contribution in [0.25, 0.3) is 0 Å². The van der Waals surface area contributed by atoms with Gasteiger partial charge in [0.2, 0.25) is 10.0 Å². The van der Waals surface area contributed by atoms with Crippen LogP contribution in [0.2, 0.25) is 0 Å². The molecule has 10 nitrogen and oxygen atoms in total. The fraction of sp³-hybridized carbons (Fsp3) is 0.235. The van der Waals surface area contributed by atoms with Crippen molar-refractivity contribution in [3.05, 3.63) is 58.1 Å². The number of amides is 1. The van der Waals surface area contributed by atoms with E-state index in [4.69, 9.17) is 0 Å². The van der Waals surface area contributed by atoms with Crippen molar-refractivity contribution in [1.82, 2.24) is 0 Å². The minimum Gasteiger partial charge on any atom is -0.322 e. The van der Waals surface area contributed by atoms with Crippen molar-refractivity contribution in [2.45, 2.75) is 18.2 Å². The van der Waals surface area contributed by atoms with Gasteiger partial charge in [0.15, 0.2) is 9.84 Å². The van der Waals surface area contributed by atoms with Crippen LogP contribution in [0.3, 0.4) is 0 Å². The van der Waals surface area contributed by atoms with E-state index in [1.54, 1.807) is 6.92 Å². The average molecular weight is 441 g/mol. The zero-order chi connectivity index (χ0) is 21.8. The predicted octanol–water partition coefficient (Wildman–Crippen LogP) is 2.40. The normalized spacial score (nSPS) is 11.7. The molecule has 2 aromatic rings. The van der Waals surface area contributed by atoms with E-state index >= 15 is 0 Å². The van der Waals surface area contributed by atoms with Crippen molar-refractivity contribution in [3.63, 3.8) is 0 Å². The van der Waals surface area contributed by atoms with Gasteiger partial charge in [-0.1, -0.05) is 6.92 Å². The number of benzene rings is 2. The van der Waals surface area contributed by atoms with Gasteiger partial charge >= 0.3 is 0 Å². The van der Waals surface area contributed by atoms with Crippen LogP contribution in [0.4, 0.5) is 17.1 Å². The van der Waals surface area contributed by atoms with E-state index in [1.807, 2.05) is 0 Å².